The zero-order valence-electron chi connectivity index (χ0n) is 18.6. The van der Waals surface area contributed by atoms with Gasteiger partial charge in [-0.1, -0.05) is 25.1 Å². The molecule has 0 spiro atoms. The van der Waals surface area contributed by atoms with Crippen LogP contribution < -0.4 is 5.32 Å². The molecule has 0 aliphatic carbocycles. The highest BCUT2D eigenvalue weighted by molar-refractivity contribution is 7.89. The number of benzene rings is 2. The number of sulfonamides is 1. The minimum Gasteiger partial charge on any atom is -0.336 e. The van der Waals surface area contributed by atoms with E-state index >= 15 is 0 Å². The highest BCUT2D eigenvalue weighted by Gasteiger charge is 2.35. The van der Waals surface area contributed by atoms with E-state index in [4.69, 9.17) is 0 Å². The van der Waals surface area contributed by atoms with Gasteiger partial charge < -0.3 is 10.2 Å². The van der Waals surface area contributed by atoms with Crippen molar-refractivity contribution in [3.63, 3.8) is 0 Å². The number of amides is 2. The molecule has 0 atom stereocenters. The molecule has 1 N–H and O–H groups in total. The van der Waals surface area contributed by atoms with Crippen LogP contribution in [-0.4, -0.2) is 56.1 Å². The van der Waals surface area contributed by atoms with E-state index in [1.807, 2.05) is 25.1 Å². The summed E-state index contributed by atoms with van der Waals surface area (Å²) >= 11 is 0. The molecule has 178 valence electrons. The Morgan fingerprint density at radius 2 is 1.79 bits per heavy atom. The van der Waals surface area contributed by atoms with Crippen molar-refractivity contribution in [2.75, 3.05) is 32.0 Å². The Labute approximate surface area is 192 Å². The minimum atomic E-state index is -4.22. The molecule has 0 saturated carbocycles. The van der Waals surface area contributed by atoms with Crippen LogP contribution in [0.4, 0.5) is 14.5 Å². The third kappa shape index (κ3) is 5.75. The van der Waals surface area contributed by atoms with Crippen LogP contribution in [0.3, 0.4) is 0 Å². The number of nitrogens with one attached hydrogen (secondary N) is 1. The molecule has 1 fully saturated rings. The Morgan fingerprint density at radius 1 is 1.12 bits per heavy atom. The van der Waals surface area contributed by atoms with Gasteiger partial charge in [0.25, 0.3) is 0 Å². The van der Waals surface area contributed by atoms with Crippen LogP contribution in [0.15, 0.2) is 47.4 Å². The number of carbonyl (C=O) groups is 2. The van der Waals surface area contributed by atoms with Crippen LogP contribution in [0.25, 0.3) is 0 Å². The van der Waals surface area contributed by atoms with Crippen molar-refractivity contribution in [2.45, 2.75) is 31.1 Å². The standard InChI is InChI=1S/C23H27F2N3O4S/c1-3-16-6-4-5-7-20(16)26-22(29)15-27(2)23(30)17-10-12-28(13-11-17)33(31,32)21-14-18(24)8-9-19(21)25/h4-9,14,17H,3,10-13,15H2,1-2H3,(H,26,29). The van der Waals surface area contributed by atoms with E-state index in [0.717, 1.165) is 28.4 Å². The maximum absolute atomic E-state index is 14.0. The first-order valence-electron chi connectivity index (χ1n) is 10.7. The first-order valence-corrected chi connectivity index (χ1v) is 12.2. The summed E-state index contributed by atoms with van der Waals surface area (Å²) < 4.78 is 53.9. The Kier molecular flexibility index (Phi) is 7.80. The number of anilines is 1. The Morgan fingerprint density at radius 3 is 2.45 bits per heavy atom. The van der Waals surface area contributed by atoms with Gasteiger partial charge in [0, 0.05) is 31.7 Å². The van der Waals surface area contributed by atoms with Gasteiger partial charge in [-0.3, -0.25) is 9.59 Å². The van der Waals surface area contributed by atoms with E-state index < -0.39 is 32.5 Å². The number of para-hydroxylation sites is 1. The molecule has 2 aromatic rings. The van der Waals surface area contributed by atoms with Gasteiger partial charge in [0.15, 0.2) is 0 Å². The minimum absolute atomic E-state index is 0.00138. The molecule has 0 unspecified atom stereocenters. The van der Waals surface area contributed by atoms with Crippen LogP contribution in [0.2, 0.25) is 0 Å². The number of hydrogen-bond donors (Lipinski definition) is 1. The second-order valence-electron chi connectivity index (χ2n) is 8.01. The third-order valence-electron chi connectivity index (χ3n) is 5.74. The first-order chi connectivity index (χ1) is 15.6. The Balaban J connectivity index is 1.57. The predicted octanol–water partition coefficient (Wildman–Crippen LogP) is 3.03. The summed E-state index contributed by atoms with van der Waals surface area (Å²) in [4.78, 5) is 25.8. The highest BCUT2D eigenvalue weighted by atomic mass is 32.2. The fourth-order valence-corrected chi connectivity index (χ4v) is 5.45. The van der Waals surface area contributed by atoms with E-state index in [9.17, 15) is 26.8 Å². The van der Waals surface area contributed by atoms with E-state index in [2.05, 4.69) is 5.32 Å². The zero-order valence-corrected chi connectivity index (χ0v) is 19.4. The lowest BCUT2D eigenvalue weighted by atomic mass is 9.96. The highest BCUT2D eigenvalue weighted by Crippen LogP contribution is 2.27. The summed E-state index contributed by atoms with van der Waals surface area (Å²) in [6, 6.07) is 9.72. The van der Waals surface area contributed by atoms with Gasteiger partial charge in [0.05, 0.1) is 6.54 Å². The van der Waals surface area contributed by atoms with Crippen molar-refractivity contribution in [1.29, 1.82) is 0 Å². The number of rotatable bonds is 7. The average Bonchev–Trinajstić information content (AvgIpc) is 2.80. The normalized spacial score (nSPS) is 15.3. The second-order valence-corrected chi connectivity index (χ2v) is 9.91. The second kappa shape index (κ2) is 10.4. The van der Waals surface area contributed by atoms with Crippen LogP contribution in [-0.2, 0) is 26.0 Å². The summed E-state index contributed by atoms with van der Waals surface area (Å²) in [5.41, 5.74) is 1.69. The monoisotopic (exact) mass is 479 g/mol. The van der Waals surface area contributed by atoms with Crippen molar-refractivity contribution >= 4 is 27.5 Å². The maximum Gasteiger partial charge on any atom is 0.246 e. The maximum atomic E-state index is 14.0. The van der Waals surface area contributed by atoms with Gasteiger partial charge in [-0.2, -0.15) is 4.31 Å². The molecule has 0 radical (unpaired) electrons. The van der Waals surface area contributed by atoms with Gasteiger partial charge in [-0.25, -0.2) is 17.2 Å². The molecule has 3 rings (SSSR count). The molecule has 0 aromatic heterocycles. The van der Waals surface area contributed by atoms with Gasteiger partial charge >= 0.3 is 0 Å². The predicted molar refractivity (Wildman–Crippen MR) is 120 cm³/mol. The summed E-state index contributed by atoms with van der Waals surface area (Å²) in [7, 11) is -2.69. The first kappa shape index (κ1) is 24.8. The molecule has 2 aromatic carbocycles. The molecular formula is C23H27F2N3O4S. The number of aryl methyl sites for hydroxylation is 1. The largest absolute Gasteiger partial charge is 0.336 e. The Bertz CT molecular complexity index is 1130. The molecule has 7 nitrogen and oxygen atoms in total. The van der Waals surface area contributed by atoms with Crippen molar-refractivity contribution in [2.24, 2.45) is 5.92 Å². The number of likely N-dealkylation sites (N-methyl/N-ethyl adjacent to an activating group) is 1. The number of hydrogen-bond acceptors (Lipinski definition) is 4. The topological polar surface area (TPSA) is 86.8 Å². The van der Waals surface area contributed by atoms with Crippen LogP contribution >= 0.6 is 0 Å². The SMILES string of the molecule is CCc1ccccc1NC(=O)CN(C)C(=O)C1CCN(S(=O)(=O)c2cc(F)ccc2F)CC1. The fraction of sp³-hybridized carbons (Fsp3) is 0.391. The Hall–Kier alpha value is -2.85. The van der Waals surface area contributed by atoms with E-state index in [1.54, 1.807) is 6.07 Å². The van der Waals surface area contributed by atoms with Crippen LogP contribution in [0, 0.1) is 17.6 Å². The summed E-state index contributed by atoms with van der Waals surface area (Å²) in [6.07, 6.45) is 1.20. The van der Waals surface area contributed by atoms with Crippen molar-refractivity contribution in [3.05, 3.63) is 59.7 Å². The quantitative estimate of drug-likeness (QED) is 0.662. The van der Waals surface area contributed by atoms with E-state index in [1.165, 1.54) is 11.9 Å². The summed E-state index contributed by atoms with van der Waals surface area (Å²) in [6.45, 7) is 1.84. The van der Waals surface area contributed by atoms with Gasteiger partial charge in [0.2, 0.25) is 21.8 Å². The zero-order chi connectivity index (χ0) is 24.2. The molecule has 1 aliphatic rings. The molecule has 1 heterocycles. The number of piperidine rings is 1. The van der Waals surface area contributed by atoms with Crippen LogP contribution in [0.5, 0.6) is 0 Å². The fourth-order valence-electron chi connectivity index (χ4n) is 3.90. The van der Waals surface area contributed by atoms with E-state index in [0.29, 0.717) is 11.8 Å². The summed E-state index contributed by atoms with van der Waals surface area (Å²) in [5, 5.41) is 2.82. The lowest BCUT2D eigenvalue weighted by Gasteiger charge is -2.32. The van der Waals surface area contributed by atoms with Gasteiger partial charge in [-0.05, 0) is 49.1 Å². The van der Waals surface area contributed by atoms with Gasteiger partial charge in [0.1, 0.15) is 16.5 Å². The lowest BCUT2D eigenvalue weighted by Crippen LogP contribution is -2.45. The average molecular weight is 480 g/mol. The number of carbonyl (C=O) groups excluding carboxylic acids is 2. The van der Waals surface area contributed by atoms with Gasteiger partial charge in [-0.15, -0.1) is 0 Å². The molecule has 10 heteroatoms. The summed E-state index contributed by atoms with van der Waals surface area (Å²) in [5.74, 6) is -2.92. The molecular weight excluding hydrogens is 452 g/mol. The molecule has 0 bridgehead atoms. The molecule has 2 amide bonds. The molecule has 1 aliphatic heterocycles. The van der Waals surface area contributed by atoms with Crippen LogP contribution in [0.1, 0.15) is 25.3 Å². The van der Waals surface area contributed by atoms with Crippen molar-refractivity contribution < 1.29 is 26.8 Å². The molecule has 33 heavy (non-hydrogen) atoms. The van der Waals surface area contributed by atoms with Crippen molar-refractivity contribution in [1.82, 2.24) is 9.21 Å². The third-order valence-corrected chi connectivity index (χ3v) is 7.66. The van der Waals surface area contributed by atoms with E-state index in [-0.39, 0.29) is 44.3 Å². The number of nitrogens with zero attached hydrogens (tertiary/aromatic N) is 2. The van der Waals surface area contributed by atoms with Crippen molar-refractivity contribution in [3.8, 4) is 0 Å². The number of halogens is 2. The smallest absolute Gasteiger partial charge is 0.246 e. The lowest BCUT2D eigenvalue weighted by molar-refractivity contribution is -0.138. The molecule has 1 saturated heterocycles.